The van der Waals surface area contributed by atoms with Gasteiger partial charge in [0.05, 0.1) is 7.11 Å². The summed E-state index contributed by atoms with van der Waals surface area (Å²) < 4.78 is 33.2. The Morgan fingerprint density at radius 2 is 1.96 bits per heavy atom. The molecule has 2 aliphatic heterocycles. The number of ether oxygens (including phenoxy) is 1. The molecule has 2 aliphatic rings. The van der Waals surface area contributed by atoms with Crippen LogP contribution in [0.1, 0.15) is 32.6 Å². The second-order valence-corrected chi connectivity index (χ2v) is 10.1. The molecule has 0 radical (unpaired) electrons. The molecule has 2 fully saturated rings. The lowest BCUT2D eigenvalue weighted by atomic mass is 9.95. The van der Waals surface area contributed by atoms with E-state index in [9.17, 15) is 8.42 Å². The molecule has 0 spiro atoms. The van der Waals surface area contributed by atoms with Crippen LogP contribution in [-0.2, 0) is 9.84 Å². The molecule has 5 nitrogen and oxygen atoms in total. The largest absolute Gasteiger partial charge is 0.495 e. The van der Waals surface area contributed by atoms with Crippen LogP contribution in [0.4, 0.5) is 0 Å². The van der Waals surface area contributed by atoms with Crippen molar-refractivity contribution in [3.05, 3.63) is 22.7 Å². The van der Waals surface area contributed by atoms with Crippen molar-refractivity contribution < 1.29 is 13.2 Å². The van der Waals surface area contributed by atoms with Crippen LogP contribution in [-0.4, -0.2) is 51.5 Å². The Morgan fingerprint density at radius 1 is 1.24 bits per heavy atom. The number of piperidine rings is 2. The highest BCUT2D eigenvalue weighted by Crippen LogP contribution is 2.37. The second-order valence-electron chi connectivity index (χ2n) is 7.14. The van der Waals surface area contributed by atoms with Gasteiger partial charge in [-0.05, 0) is 69.4 Å². The monoisotopic (exact) mass is 430 g/mol. The number of rotatable bonds is 4. The van der Waals surface area contributed by atoms with Gasteiger partial charge < -0.3 is 10.1 Å². The van der Waals surface area contributed by atoms with Gasteiger partial charge in [-0.25, -0.2) is 8.42 Å². The number of hydrogen-bond acceptors (Lipinski definition) is 5. The lowest BCUT2D eigenvalue weighted by molar-refractivity contribution is 0.0936. The van der Waals surface area contributed by atoms with Crippen LogP contribution < -0.4 is 10.1 Å². The first-order valence-corrected chi connectivity index (χ1v) is 11.3. The molecule has 0 saturated carbocycles. The maximum absolute atomic E-state index is 13.6. The van der Waals surface area contributed by atoms with Crippen molar-refractivity contribution in [2.45, 2.75) is 48.9 Å². The third kappa shape index (κ3) is 4.04. The smallest absolute Gasteiger partial charge is 0.198 e. The Balaban J connectivity index is 1.98. The fourth-order valence-electron chi connectivity index (χ4n) is 3.99. The lowest BCUT2D eigenvalue weighted by Gasteiger charge is -2.44. The van der Waals surface area contributed by atoms with Gasteiger partial charge in [0.1, 0.15) is 16.0 Å². The minimum Gasteiger partial charge on any atom is -0.495 e. The van der Waals surface area contributed by atoms with E-state index < -0.39 is 15.2 Å². The third-order valence-corrected chi connectivity index (χ3v) is 8.03. The van der Waals surface area contributed by atoms with Crippen LogP contribution >= 0.6 is 15.9 Å². The predicted octanol–water partition coefficient (Wildman–Crippen LogP) is 3.04. The van der Waals surface area contributed by atoms with Gasteiger partial charge in [-0.15, -0.1) is 0 Å². The van der Waals surface area contributed by atoms with E-state index in [0.717, 1.165) is 43.4 Å². The molecule has 0 amide bonds. The number of nitrogens with one attached hydrogen (secondary N) is 1. The Morgan fingerprint density at radius 3 is 2.64 bits per heavy atom. The van der Waals surface area contributed by atoms with Crippen molar-refractivity contribution in [2.24, 2.45) is 5.92 Å². The quantitative estimate of drug-likeness (QED) is 0.794. The lowest BCUT2D eigenvalue weighted by Crippen LogP contribution is -2.54. The average Bonchev–Trinajstić information content (AvgIpc) is 2.62. The molecule has 0 aromatic heterocycles. The van der Waals surface area contributed by atoms with Gasteiger partial charge in [0.2, 0.25) is 0 Å². The molecule has 2 heterocycles. The average molecular weight is 431 g/mol. The van der Waals surface area contributed by atoms with Crippen LogP contribution in [0.3, 0.4) is 0 Å². The summed E-state index contributed by atoms with van der Waals surface area (Å²) in [4.78, 5) is 2.54. The Kier molecular flexibility index (Phi) is 6.08. The molecule has 1 aromatic rings. The number of nitrogens with zero attached hydrogens (tertiary/aromatic N) is 1. The van der Waals surface area contributed by atoms with E-state index in [1.807, 2.05) is 6.07 Å². The molecule has 1 N–H and O–H groups in total. The second kappa shape index (κ2) is 7.94. The molecule has 1 aromatic carbocycles. The summed E-state index contributed by atoms with van der Waals surface area (Å²) in [7, 11) is -1.98. The van der Waals surface area contributed by atoms with Gasteiger partial charge in [-0.1, -0.05) is 22.9 Å². The van der Waals surface area contributed by atoms with Crippen LogP contribution in [0.5, 0.6) is 5.75 Å². The van der Waals surface area contributed by atoms with Crippen molar-refractivity contribution in [1.29, 1.82) is 0 Å². The number of sulfone groups is 1. The molecule has 2 saturated heterocycles. The summed E-state index contributed by atoms with van der Waals surface area (Å²) in [6.45, 7) is 4.93. The first-order valence-electron chi connectivity index (χ1n) is 8.97. The summed E-state index contributed by atoms with van der Waals surface area (Å²) >= 11 is 3.40. The maximum Gasteiger partial charge on any atom is 0.198 e. The molecular weight excluding hydrogens is 404 g/mol. The fraction of sp³-hybridized carbons (Fsp3) is 0.667. The maximum atomic E-state index is 13.6. The molecule has 1 unspecified atom stereocenters. The van der Waals surface area contributed by atoms with Crippen molar-refractivity contribution in [2.75, 3.05) is 26.7 Å². The highest BCUT2D eigenvalue weighted by atomic mass is 79.9. The van der Waals surface area contributed by atoms with Crippen LogP contribution in [0.2, 0.25) is 0 Å². The van der Waals surface area contributed by atoms with E-state index in [4.69, 9.17) is 4.74 Å². The number of benzene rings is 1. The van der Waals surface area contributed by atoms with Crippen LogP contribution in [0.15, 0.2) is 27.6 Å². The van der Waals surface area contributed by atoms with Gasteiger partial charge >= 0.3 is 0 Å². The van der Waals surface area contributed by atoms with E-state index in [1.165, 1.54) is 7.11 Å². The van der Waals surface area contributed by atoms with Crippen molar-refractivity contribution in [1.82, 2.24) is 10.2 Å². The van der Waals surface area contributed by atoms with E-state index in [2.05, 4.69) is 33.1 Å². The Bertz CT molecular complexity index is 704. The SMILES string of the molecule is COc1ccc(Br)cc1S(=O)(=O)[C@@H]1CC(C)CCN1C1CCNCC1. The zero-order valence-electron chi connectivity index (χ0n) is 14.9. The van der Waals surface area contributed by atoms with Crippen molar-refractivity contribution in [3.8, 4) is 5.75 Å². The van der Waals surface area contributed by atoms with Gasteiger partial charge in [0.25, 0.3) is 0 Å². The van der Waals surface area contributed by atoms with E-state index >= 15 is 0 Å². The third-order valence-electron chi connectivity index (χ3n) is 5.42. The zero-order valence-corrected chi connectivity index (χ0v) is 17.3. The van der Waals surface area contributed by atoms with Gasteiger partial charge in [0.15, 0.2) is 9.84 Å². The van der Waals surface area contributed by atoms with Gasteiger partial charge in [0, 0.05) is 10.5 Å². The first kappa shape index (κ1) is 19.1. The van der Waals surface area contributed by atoms with Crippen molar-refractivity contribution >= 4 is 25.8 Å². The van der Waals surface area contributed by atoms with E-state index in [-0.39, 0.29) is 0 Å². The van der Waals surface area contributed by atoms with Gasteiger partial charge in [-0.3, -0.25) is 4.90 Å². The summed E-state index contributed by atoms with van der Waals surface area (Å²) in [5.41, 5.74) is 0. The number of likely N-dealkylation sites (tertiary alicyclic amines) is 1. The topological polar surface area (TPSA) is 58.6 Å². The van der Waals surface area contributed by atoms with Crippen molar-refractivity contribution in [3.63, 3.8) is 0 Å². The van der Waals surface area contributed by atoms with E-state index in [0.29, 0.717) is 29.0 Å². The summed E-state index contributed by atoms with van der Waals surface area (Å²) in [6.07, 6.45) is 3.76. The molecular formula is C18H27BrN2O3S. The number of hydrogen-bond donors (Lipinski definition) is 1. The van der Waals surface area contributed by atoms with Gasteiger partial charge in [-0.2, -0.15) is 0 Å². The Labute approximate surface area is 159 Å². The predicted molar refractivity (Wildman–Crippen MR) is 103 cm³/mol. The summed E-state index contributed by atoms with van der Waals surface area (Å²) in [5, 5.41) is 2.90. The van der Waals surface area contributed by atoms with E-state index in [1.54, 1.807) is 12.1 Å². The molecule has 0 aliphatic carbocycles. The molecule has 140 valence electrons. The standard InChI is InChI=1S/C18H27BrN2O3S/c1-13-7-10-21(15-5-8-20-9-6-15)18(11-13)25(22,23)17-12-14(19)3-4-16(17)24-2/h3-4,12-13,15,18,20H,5-11H2,1-2H3/t13?,18-/m1/s1. The normalized spacial score (nSPS) is 26.5. The minimum absolute atomic E-state index is 0.294. The highest BCUT2D eigenvalue weighted by Gasteiger charge is 2.41. The Hall–Kier alpha value is -0.630. The summed E-state index contributed by atoms with van der Waals surface area (Å²) in [6, 6.07) is 5.55. The molecule has 25 heavy (non-hydrogen) atoms. The molecule has 7 heteroatoms. The fourth-order valence-corrected chi connectivity index (χ4v) is 6.74. The molecule has 3 rings (SSSR count). The minimum atomic E-state index is -3.51. The number of methoxy groups -OCH3 is 1. The van der Waals surface area contributed by atoms with Crippen LogP contribution in [0, 0.1) is 5.92 Å². The molecule has 2 atom stereocenters. The first-order chi connectivity index (χ1) is 11.9. The number of halogens is 1. The molecule has 0 bridgehead atoms. The highest BCUT2D eigenvalue weighted by molar-refractivity contribution is 9.10. The zero-order chi connectivity index (χ0) is 18.0. The summed E-state index contributed by atoms with van der Waals surface area (Å²) in [5.74, 6) is 0.836. The van der Waals surface area contributed by atoms with Crippen LogP contribution in [0.25, 0.3) is 0 Å².